The molecule has 1 heterocycles. The van der Waals surface area contributed by atoms with E-state index >= 15 is 0 Å². The lowest BCUT2D eigenvalue weighted by Crippen LogP contribution is -2.05. The Morgan fingerprint density at radius 1 is 1.57 bits per heavy atom. The number of alkyl halides is 1. The van der Waals surface area contributed by atoms with Crippen molar-refractivity contribution in [2.24, 2.45) is 0 Å². The van der Waals surface area contributed by atoms with Gasteiger partial charge in [-0.1, -0.05) is 6.07 Å². The van der Waals surface area contributed by atoms with Crippen molar-refractivity contribution >= 4 is 30.4 Å². The number of pyridine rings is 1. The average molecular weight is 225 g/mol. The van der Waals surface area contributed by atoms with Crippen LogP contribution in [0.4, 0.5) is 4.39 Å². The zero-order valence-corrected chi connectivity index (χ0v) is 9.97. The fourth-order valence-corrected chi connectivity index (χ4v) is 1.84. The Labute approximate surface area is 93.8 Å². The number of aryl methyl sites for hydroxylation is 2. The van der Waals surface area contributed by atoms with Crippen molar-refractivity contribution in [3.63, 3.8) is 0 Å². The van der Waals surface area contributed by atoms with Crippen molar-refractivity contribution in [2.45, 2.75) is 20.5 Å². The number of hydrogen-bond donors (Lipinski definition) is 0. The van der Waals surface area contributed by atoms with Crippen molar-refractivity contribution in [1.29, 1.82) is 0 Å². The molecule has 0 saturated carbocycles. The molecule has 0 bridgehead atoms. The molecule has 0 aliphatic rings. The van der Waals surface area contributed by atoms with Gasteiger partial charge in [0.25, 0.3) is 0 Å². The summed E-state index contributed by atoms with van der Waals surface area (Å²) >= 11 is 2.27. The molecule has 0 spiro atoms. The van der Waals surface area contributed by atoms with Gasteiger partial charge in [-0.3, -0.25) is 4.79 Å². The van der Waals surface area contributed by atoms with Gasteiger partial charge in [0.2, 0.25) is 20.3 Å². The summed E-state index contributed by atoms with van der Waals surface area (Å²) in [6.07, 6.45) is 0. The lowest BCUT2D eigenvalue weighted by atomic mass is 10.1. The lowest BCUT2D eigenvalue weighted by Gasteiger charge is -2.07. The average Bonchev–Trinajstić information content (AvgIpc) is 2.17. The minimum atomic E-state index is -0.631. The number of aromatic nitrogens is 1. The van der Waals surface area contributed by atoms with E-state index in [0.717, 1.165) is 21.3 Å². The van der Waals surface area contributed by atoms with E-state index in [4.69, 9.17) is 0 Å². The van der Waals surface area contributed by atoms with Crippen LogP contribution in [0.3, 0.4) is 0 Å². The van der Waals surface area contributed by atoms with Crippen LogP contribution in [0.1, 0.15) is 27.3 Å². The molecule has 1 aromatic rings. The molecule has 14 heavy (non-hydrogen) atoms. The van der Waals surface area contributed by atoms with Gasteiger partial charge in [0, 0.05) is 0 Å². The second-order valence-electron chi connectivity index (χ2n) is 2.96. The summed E-state index contributed by atoms with van der Waals surface area (Å²) in [5.74, 6) is 0. The SMILES string of the molecule is Cc1cc(C)c(C(=O)[S][Al])nc1CF. The zero-order chi connectivity index (χ0) is 10.7. The number of carbonyl (C=O) groups excluding carboxylic acids is 1. The van der Waals surface area contributed by atoms with Crippen LogP contribution < -0.4 is 0 Å². The van der Waals surface area contributed by atoms with Gasteiger partial charge in [0.1, 0.15) is 12.4 Å². The summed E-state index contributed by atoms with van der Waals surface area (Å²) in [6.45, 7) is 2.96. The van der Waals surface area contributed by atoms with Gasteiger partial charge < -0.3 is 0 Å². The molecule has 5 heteroatoms. The molecule has 72 valence electrons. The third-order valence-electron chi connectivity index (χ3n) is 1.94. The number of rotatable bonds is 2. The van der Waals surface area contributed by atoms with E-state index in [2.05, 4.69) is 20.1 Å². The molecule has 0 atom stereocenters. The highest BCUT2D eigenvalue weighted by Crippen LogP contribution is 2.16. The summed E-state index contributed by atoms with van der Waals surface area (Å²) in [6, 6.07) is 1.79. The van der Waals surface area contributed by atoms with E-state index in [-0.39, 0.29) is 5.12 Å². The van der Waals surface area contributed by atoms with Crippen LogP contribution in [0.2, 0.25) is 0 Å². The summed E-state index contributed by atoms with van der Waals surface area (Å²) in [5, 5.41) is -0.151. The minimum Gasteiger partial charge on any atom is -0.282 e. The van der Waals surface area contributed by atoms with Crippen LogP contribution in [0, 0.1) is 13.8 Å². The second kappa shape index (κ2) is 4.92. The van der Waals surface area contributed by atoms with Gasteiger partial charge in [0.05, 0.1) is 5.69 Å². The van der Waals surface area contributed by atoms with Crippen molar-refractivity contribution in [3.8, 4) is 0 Å². The molecule has 0 aromatic carbocycles. The highest BCUT2D eigenvalue weighted by atomic mass is 32.3. The molecular formula is C9H9AlFNOS. The third kappa shape index (κ3) is 2.35. The van der Waals surface area contributed by atoms with Crippen molar-refractivity contribution in [1.82, 2.24) is 4.98 Å². The van der Waals surface area contributed by atoms with Gasteiger partial charge in [-0.15, -0.1) is 0 Å². The van der Waals surface area contributed by atoms with Crippen LogP contribution in [0.5, 0.6) is 0 Å². The van der Waals surface area contributed by atoms with Crippen LogP contribution in [0.25, 0.3) is 0 Å². The minimum absolute atomic E-state index is 0.151. The van der Waals surface area contributed by atoms with E-state index in [1.807, 2.05) is 0 Å². The molecule has 0 fully saturated rings. The molecule has 2 nitrogen and oxygen atoms in total. The Hall–Kier alpha value is -0.368. The number of carbonyl (C=O) groups is 1. The fraction of sp³-hybridized carbons (Fsp3) is 0.333. The lowest BCUT2D eigenvalue weighted by molar-refractivity contribution is 0.108. The fourth-order valence-electron chi connectivity index (χ4n) is 1.19. The van der Waals surface area contributed by atoms with Crippen molar-refractivity contribution in [2.75, 3.05) is 0 Å². The number of halogens is 1. The van der Waals surface area contributed by atoms with E-state index in [1.54, 1.807) is 19.9 Å². The Balaban J connectivity index is 3.24. The smallest absolute Gasteiger partial charge is 0.247 e. The molecule has 0 unspecified atom stereocenters. The largest absolute Gasteiger partial charge is 0.282 e. The first-order valence-corrected chi connectivity index (χ1v) is 6.33. The Morgan fingerprint density at radius 3 is 2.71 bits per heavy atom. The maximum Gasteiger partial charge on any atom is 0.247 e. The highest BCUT2D eigenvalue weighted by Gasteiger charge is 2.11. The molecule has 2 radical (unpaired) electrons. The van der Waals surface area contributed by atoms with E-state index < -0.39 is 6.67 Å². The normalized spacial score (nSPS) is 10.2. The van der Waals surface area contributed by atoms with Gasteiger partial charge >= 0.3 is 0 Å². The maximum atomic E-state index is 12.5. The van der Waals surface area contributed by atoms with Gasteiger partial charge in [-0.2, -0.15) is 0 Å². The second-order valence-corrected chi connectivity index (χ2v) is 4.27. The molecular weight excluding hydrogens is 216 g/mol. The summed E-state index contributed by atoms with van der Waals surface area (Å²) in [5.41, 5.74) is 2.27. The first kappa shape index (κ1) is 11.7. The molecule has 0 N–H and O–H groups in total. The highest BCUT2D eigenvalue weighted by molar-refractivity contribution is 8.31. The monoisotopic (exact) mass is 225 g/mol. The number of hydrogen-bond acceptors (Lipinski definition) is 3. The van der Waals surface area contributed by atoms with Crippen LogP contribution in [-0.4, -0.2) is 25.3 Å². The van der Waals surface area contributed by atoms with E-state index in [9.17, 15) is 9.18 Å². The summed E-state index contributed by atoms with van der Waals surface area (Å²) in [7, 11) is 1.01. The van der Waals surface area contributed by atoms with Crippen LogP contribution in [0.15, 0.2) is 6.07 Å². The third-order valence-corrected chi connectivity index (χ3v) is 2.99. The first-order chi connectivity index (χ1) is 6.60. The van der Waals surface area contributed by atoms with E-state index in [1.165, 1.54) is 0 Å². The van der Waals surface area contributed by atoms with Gasteiger partial charge in [-0.25, -0.2) is 19.5 Å². The van der Waals surface area contributed by atoms with Crippen molar-refractivity contribution < 1.29 is 9.18 Å². The summed E-state index contributed by atoms with van der Waals surface area (Å²) in [4.78, 5) is 15.4. The molecule has 1 rings (SSSR count). The van der Waals surface area contributed by atoms with E-state index in [0.29, 0.717) is 11.4 Å². The van der Waals surface area contributed by atoms with Gasteiger partial charge in [-0.05, 0) is 25.0 Å². The Kier molecular flexibility index (Phi) is 4.12. The number of nitrogens with zero attached hydrogens (tertiary/aromatic N) is 1. The zero-order valence-electron chi connectivity index (χ0n) is 8.00. The standard InChI is InChI=1S/C9H10FNOS.Al/c1-5-3-6(2)8(9(12)13)11-7(5)4-10;/h3H,4H2,1-2H3,(H,12,13);/q;+1/p-1. The molecule has 0 aliphatic heterocycles. The van der Waals surface area contributed by atoms with Crippen LogP contribution in [-0.2, 0) is 6.67 Å². The molecule has 1 aromatic heterocycles. The molecule has 0 aliphatic carbocycles. The Bertz CT molecular complexity index is 370. The molecule has 0 amide bonds. The quantitative estimate of drug-likeness (QED) is 0.722. The Morgan fingerprint density at radius 2 is 2.21 bits per heavy atom. The predicted molar refractivity (Wildman–Crippen MR) is 56.2 cm³/mol. The maximum absolute atomic E-state index is 12.5. The van der Waals surface area contributed by atoms with Gasteiger partial charge in [0.15, 0.2) is 0 Å². The molecule has 0 saturated heterocycles. The van der Waals surface area contributed by atoms with Crippen molar-refractivity contribution in [3.05, 3.63) is 28.6 Å². The van der Waals surface area contributed by atoms with Crippen LogP contribution >= 0.6 is 10.1 Å². The summed E-state index contributed by atoms with van der Waals surface area (Å²) < 4.78 is 12.5. The predicted octanol–water partition coefficient (Wildman–Crippen LogP) is 2.12. The first-order valence-electron chi connectivity index (χ1n) is 4.04. The topological polar surface area (TPSA) is 30.0 Å².